The molecule has 2 aromatic carbocycles. The van der Waals surface area contributed by atoms with Gasteiger partial charge in [-0.3, -0.25) is 9.59 Å². The molecule has 0 fully saturated rings. The van der Waals surface area contributed by atoms with Crippen LogP contribution in [0.1, 0.15) is 75.5 Å². The van der Waals surface area contributed by atoms with Gasteiger partial charge in [0.25, 0.3) is 5.91 Å². The molecule has 0 bridgehead atoms. The summed E-state index contributed by atoms with van der Waals surface area (Å²) < 4.78 is 6.99. The zero-order valence-electron chi connectivity index (χ0n) is 23.0. The minimum Gasteiger partial charge on any atom is -0.497 e. The van der Waals surface area contributed by atoms with E-state index in [4.69, 9.17) is 9.84 Å². The molecular weight excluding hydrogens is 464 g/mol. The monoisotopic (exact) mass is 504 g/mol. The summed E-state index contributed by atoms with van der Waals surface area (Å²) in [6, 6.07) is 17.1. The molecule has 0 aliphatic carbocycles. The number of benzene rings is 2. The summed E-state index contributed by atoms with van der Waals surface area (Å²) in [6.45, 7) is 10.9. The van der Waals surface area contributed by atoms with E-state index in [1.807, 2.05) is 61.5 Å². The van der Waals surface area contributed by atoms with Crippen molar-refractivity contribution in [1.29, 1.82) is 0 Å². The SMILES string of the molecule is CCCCc1ccc(C(=O)N(CCC)CC(=O)Nc2cc(C(C)(C)C)nn2-c2ccc(OC)cc2)cc1. The van der Waals surface area contributed by atoms with E-state index in [1.165, 1.54) is 5.56 Å². The van der Waals surface area contributed by atoms with Crippen LogP contribution in [0.15, 0.2) is 54.6 Å². The molecule has 0 saturated carbocycles. The van der Waals surface area contributed by atoms with Gasteiger partial charge >= 0.3 is 0 Å². The van der Waals surface area contributed by atoms with Gasteiger partial charge < -0.3 is 15.0 Å². The third-order valence-corrected chi connectivity index (χ3v) is 6.20. The zero-order chi connectivity index (χ0) is 27.0. The molecule has 2 amide bonds. The first-order chi connectivity index (χ1) is 17.7. The molecular formula is C30H40N4O3. The van der Waals surface area contributed by atoms with Gasteiger partial charge in [0, 0.05) is 23.6 Å². The number of anilines is 1. The normalized spacial score (nSPS) is 11.3. The standard InChI is InChI=1S/C30H40N4O3/c1-7-9-10-22-11-13-23(14-12-22)29(36)33(19-8-2)21-28(35)31-27-20-26(30(3,4)5)32-34(27)24-15-17-25(37-6)18-16-24/h11-18,20H,7-10,19,21H2,1-6H3,(H,31,35). The molecule has 7 nitrogen and oxygen atoms in total. The summed E-state index contributed by atoms with van der Waals surface area (Å²) in [5, 5.41) is 7.76. The molecule has 37 heavy (non-hydrogen) atoms. The number of methoxy groups -OCH3 is 1. The van der Waals surface area contributed by atoms with E-state index in [9.17, 15) is 9.59 Å². The van der Waals surface area contributed by atoms with Crippen molar-refractivity contribution >= 4 is 17.6 Å². The lowest BCUT2D eigenvalue weighted by atomic mass is 9.92. The molecule has 3 rings (SSSR count). The number of nitrogens with zero attached hydrogens (tertiary/aromatic N) is 3. The Morgan fingerprint density at radius 1 is 1.00 bits per heavy atom. The number of aryl methyl sites for hydroxylation is 1. The van der Waals surface area contributed by atoms with Crippen molar-refractivity contribution in [2.24, 2.45) is 0 Å². The maximum absolute atomic E-state index is 13.2. The second-order valence-corrected chi connectivity index (χ2v) is 10.4. The van der Waals surface area contributed by atoms with Crippen molar-refractivity contribution in [1.82, 2.24) is 14.7 Å². The number of amides is 2. The number of aromatic nitrogens is 2. The minimum atomic E-state index is -0.267. The number of nitrogens with one attached hydrogen (secondary N) is 1. The molecule has 0 unspecified atom stereocenters. The Bertz CT molecular complexity index is 1180. The lowest BCUT2D eigenvalue weighted by Crippen LogP contribution is -2.38. The number of ether oxygens (including phenoxy) is 1. The molecule has 0 aliphatic heterocycles. The van der Waals surface area contributed by atoms with Crippen molar-refractivity contribution in [3.05, 3.63) is 71.4 Å². The molecule has 198 valence electrons. The van der Waals surface area contributed by atoms with E-state index >= 15 is 0 Å². The Kier molecular flexibility index (Phi) is 9.50. The van der Waals surface area contributed by atoms with Crippen molar-refractivity contribution in [3.63, 3.8) is 0 Å². The number of hydrogen-bond acceptors (Lipinski definition) is 4. The number of carbonyl (C=O) groups is 2. The van der Waals surface area contributed by atoms with Crippen molar-refractivity contribution in [3.8, 4) is 11.4 Å². The first-order valence-corrected chi connectivity index (χ1v) is 13.1. The number of hydrogen-bond donors (Lipinski definition) is 1. The Morgan fingerprint density at radius 3 is 2.24 bits per heavy atom. The van der Waals surface area contributed by atoms with E-state index in [-0.39, 0.29) is 23.8 Å². The summed E-state index contributed by atoms with van der Waals surface area (Å²) in [5.41, 5.74) is 3.27. The zero-order valence-corrected chi connectivity index (χ0v) is 23.0. The second kappa shape index (κ2) is 12.6. The summed E-state index contributed by atoms with van der Waals surface area (Å²) >= 11 is 0. The van der Waals surface area contributed by atoms with Crippen LogP contribution in [-0.2, 0) is 16.6 Å². The molecule has 1 heterocycles. The van der Waals surface area contributed by atoms with Gasteiger partial charge in [0.2, 0.25) is 5.91 Å². The van der Waals surface area contributed by atoms with Crippen LogP contribution in [0.2, 0.25) is 0 Å². The van der Waals surface area contributed by atoms with E-state index in [1.54, 1.807) is 16.7 Å². The van der Waals surface area contributed by atoms with Crippen LogP contribution in [0.4, 0.5) is 5.82 Å². The van der Waals surface area contributed by atoms with Crippen LogP contribution in [0.25, 0.3) is 5.69 Å². The topological polar surface area (TPSA) is 76.5 Å². The molecule has 0 radical (unpaired) electrons. The van der Waals surface area contributed by atoms with Gasteiger partial charge in [-0.25, -0.2) is 4.68 Å². The van der Waals surface area contributed by atoms with Crippen LogP contribution in [0.3, 0.4) is 0 Å². The smallest absolute Gasteiger partial charge is 0.254 e. The largest absolute Gasteiger partial charge is 0.497 e. The van der Waals surface area contributed by atoms with E-state index < -0.39 is 0 Å². The van der Waals surface area contributed by atoms with Gasteiger partial charge in [-0.1, -0.05) is 53.2 Å². The maximum Gasteiger partial charge on any atom is 0.254 e. The highest BCUT2D eigenvalue weighted by molar-refractivity contribution is 5.99. The van der Waals surface area contributed by atoms with E-state index in [2.05, 4.69) is 33.0 Å². The van der Waals surface area contributed by atoms with Gasteiger partial charge in [0.15, 0.2) is 0 Å². The quantitative estimate of drug-likeness (QED) is 0.347. The molecule has 1 aromatic heterocycles. The Morgan fingerprint density at radius 2 is 1.68 bits per heavy atom. The lowest BCUT2D eigenvalue weighted by Gasteiger charge is -2.22. The second-order valence-electron chi connectivity index (χ2n) is 10.4. The highest BCUT2D eigenvalue weighted by atomic mass is 16.5. The Balaban J connectivity index is 1.79. The molecule has 7 heteroatoms. The van der Waals surface area contributed by atoms with Crippen LogP contribution in [-0.4, -0.2) is 46.7 Å². The van der Waals surface area contributed by atoms with Gasteiger partial charge in [0.05, 0.1) is 18.5 Å². The predicted molar refractivity (Wildman–Crippen MR) is 149 cm³/mol. The van der Waals surface area contributed by atoms with Gasteiger partial charge in [-0.2, -0.15) is 5.10 Å². The molecule has 0 atom stereocenters. The number of rotatable bonds is 11. The molecule has 0 aliphatic rings. The van der Waals surface area contributed by atoms with Gasteiger partial charge in [0.1, 0.15) is 18.1 Å². The number of carbonyl (C=O) groups excluding carboxylic acids is 2. The lowest BCUT2D eigenvalue weighted by molar-refractivity contribution is -0.116. The Labute approximate surface area is 220 Å². The van der Waals surface area contributed by atoms with Crippen LogP contribution in [0, 0.1) is 0 Å². The highest BCUT2D eigenvalue weighted by Gasteiger charge is 2.23. The molecule has 0 saturated heterocycles. The fourth-order valence-electron chi connectivity index (χ4n) is 4.01. The summed E-state index contributed by atoms with van der Waals surface area (Å²) in [7, 11) is 1.62. The first kappa shape index (κ1) is 28.0. The minimum absolute atomic E-state index is 0.0388. The average molecular weight is 505 g/mol. The third-order valence-electron chi connectivity index (χ3n) is 6.20. The third kappa shape index (κ3) is 7.44. The number of unbranched alkanes of at least 4 members (excludes halogenated alkanes) is 1. The van der Waals surface area contributed by atoms with Gasteiger partial charge in [-0.05, 0) is 61.2 Å². The van der Waals surface area contributed by atoms with Crippen molar-refractivity contribution < 1.29 is 14.3 Å². The average Bonchev–Trinajstić information content (AvgIpc) is 3.31. The van der Waals surface area contributed by atoms with E-state index in [0.717, 1.165) is 42.8 Å². The van der Waals surface area contributed by atoms with E-state index in [0.29, 0.717) is 17.9 Å². The van der Waals surface area contributed by atoms with Crippen molar-refractivity contribution in [2.45, 2.75) is 65.7 Å². The summed E-state index contributed by atoms with van der Waals surface area (Å²) in [4.78, 5) is 28.0. The highest BCUT2D eigenvalue weighted by Crippen LogP contribution is 2.27. The maximum atomic E-state index is 13.2. The summed E-state index contributed by atoms with van der Waals surface area (Å²) in [6.07, 6.45) is 4.02. The molecule has 0 spiro atoms. The van der Waals surface area contributed by atoms with Crippen molar-refractivity contribution in [2.75, 3.05) is 25.5 Å². The molecule has 3 aromatic rings. The first-order valence-electron chi connectivity index (χ1n) is 13.1. The fraction of sp³-hybridized carbons (Fsp3) is 0.433. The van der Waals surface area contributed by atoms with Crippen LogP contribution in [0.5, 0.6) is 5.75 Å². The van der Waals surface area contributed by atoms with Gasteiger partial charge in [-0.15, -0.1) is 0 Å². The van der Waals surface area contributed by atoms with Crippen LogP contribution >= 0.6 is 0 Å². The predicted octanol–water partition coefficient (Wildman–Crippen LogP) is 6.01. The van der Waals surface area contributed by atoms with Crippen LogP contribution < -0.4 is 10.1 Å². The summed E-state index contributed by atoms with van der Waals surface area (Å²) in [5.74, 6) is 0.892. The fourth-order valence-corrected chi connectivity index (χ4v) is 4.01. The Hall–Kier alpha value is -3.61. The molecule has 1 N–H and O–H groups in total.